The van der Waals surface area contributed by atoms with Crippen molar-refractivity contribution in [3.63, 3.8) is 0 Å². The van der Waals surface area contributed by atoms with E-state index >= 15 is 0 Å². The molecule has 4 aliphatic rings. The van der Waals surface area contributed by atoms with E-state index in [1.54, 1.807) is 47.0 Å². The average Bonchev–Trinajstić information content (AvgIpc) is 3.80. The summed E-state index contributed by atoms with van der Waals surface area (Å²) in [4.78, 5) is 14.2. The summed E-state index contributed by atoms with van der Waals surface area (Å²) >= 11 is 7.18. The SMILES string of the molecule is c1ccc2c(c1)Oc1ccc(N(c3cc(N(c4ccc5c(c4)Oc4ccccc4O5)c4cccc5c4Sc4ccccc4S5)c4oc5ccccc5c4c3)c3cccc4c3Sc3ccccc3S4)cc1O2. The van der Waals surface area contributed by atoms with Crippen LogP contribution in [0.5, 0.6) is 46.0 Å². The van der Waals surface area contributed by atoms with Crippen LogP contribution in [0, 0.1) is 0 Å². The Morgan fingerprint density at radius 2 is 0.718 bits per heavy atom. The molecular weight excluding hydrogens is 957 g/mol. The first kappa shape index (κ1) is 41.0. The van der Waals surface area contributed by atoms with Crippen LogP contribution in [0.1, 0.15) is 0 Å². The number of hydrogen-bond acceptors (Lipinski definition) is 11. The predicted molar refractivity (Wildman–Crippen MR) is 286 cm³/mol. The minimum absolute atomic E-state index is 0.616. The molecule has 0 saturated heterocycles. The lowest BCUT2D eigenvalue weighted by molar-refractivity contribution is 0.359. The number of ether oxygens (including phenoxy) is 4. The van der Waals surface area contributed by atoms with Gasteiger partial charge >= 0.3 is 0 Å². The first-order valence-corrected chi connectivity index (χ1v) is 26.3. The Morgan fingerprint density at radius 3 is 1.28 bits per heavy atom. The second kappa shape index (κ2) is 16.4. The molecule has 0 bridgehead atoms. The first-order valence-electron chi connectivity index (χ1n) is 23.0. The summed E-state index contributed by atoms with van der Waals surface area (Å²) in [6.45, 7) is 0. The number of furan rings is 1. The Hall–Kier alpha value is -7.80. The van der Waals surface area contributed by atoms with Crippen molar-refractivity contribution in [3.8, 4) is 46.0 Å². The molecular formula is C60H34N2O5S4. The van der Waals surface area contributed by atoms with Gasteiger partial charge < -0.3 is 33.2 Å². The fraction of sp³-hybridized carbons (Fsp3) is 0. The highest BCUT2D eigenvalue weighted by molar-refractivity contribution is 8.05. The highest BCUT2D eigenvalue weighted by atomic mass is 32.2. The molecule has 0 N–H and O–H groups in total. The van der Waals surface area contributed by atoms with Crippen molar-refractivity contribution < 1.29 is 23.4 Å². The normalized spacial score (nSPS) is 13.3. The topological polar surface area (TPSA) is 56.5 Å². The molecule has 5 heterocycles. The van der Waals surface area contributed by atoms with Crippen LogP contribution in [0.4, 0.5) is 34.1 Å². The molecule has 15 rings (SSSR count). The number of hydrogen-bond donors (Lipinski definition) is 0. The van der Waals surface area contributed by atoms with Crippen molar-refractivity contribution in [2.45, 2.75) is 39.2 Å². The van der Waals surface area contributed by atoms with Crippen LogP contribution in [0.3, 0.4) is 0 Å². The van der Waals surface area contributed by atoms with E-state index in [2.05, 4.69) is 143 Å². The fourth-order valence-electron chi connectivity index (χ4n) is 9.66. The Morgan fingerprint density at radius 1 is 0.282 bits per heavy atom. The van der Waals surface area contributed by atoms with E-state index in [4.69, 9.17) is 23.4 Å². The van der Waals surface area contributed by atoms with Gasteiger partial charge in [0, 0.05) is 58.0 Å². The third-order valence-electron chi connectivity index (χ3n) is 12.9. The summed E-state index contributed by atoms with van der Waals surface area (Å²) in [5.74, 6) is 5.23. The standard InChI is InChI=1S/C60H34N2O5S4/c1-2-16-43-38(13-1)39-31-37(61(35-27-29-48-50(33-35)65-46-19-5-3-17-44(46)63-48)40-14-11-25-56-59(40)70-54-23-9-7-21-52(54)68-56)32-42(58(39)67-43)62(36-28-30-49-51(34-36)66-47-20-6-4-18-45(47)64-49)41-15-12-26-57-60(41)71-55-24-10-8-22-53(55)69-57/h1-34H. The molecule has 0 aliphatic carbocycles. The maximum absolute atomic E-state index is 7.08. The highest BCUT2D eigenvalue weighted by Crippen LogP contribution is 2.59. The van der Waals surface area contributed by atoms with Crippen molar-refractivity contribution >= 4 is 103 Å². The monoisotopic (exact) mass is 990 g/mol. The predicted octanol–water partition coefficient (Wildman–Crippen LogP) is 19.6. The van der Waals surface area contributed by atoms with Crippen LogP contribution in [0.2, 0.25) is 0 Å². The summed E-state index contributed by atoms with van der Waals surface area (Å²) in [5, 5.41) is 1.97. The summed E-state index contributed by atoms with van der Waals surface area (Å²) in [6.07, 6.45) is 0. The van der Waals surface area contributed by atoms with Crippen LogP contribution < -0.4 is 28.7 Å². The molecule has 338 valence electrons. The van der Waals surface area contributed by atoms with Gasteiger partial charge in [-0.3, -0.25) is 0 Å². The van der Waals surface area contributed by atoms with Gasteiger partial charge in [-0.1, -0.05) is 126 Å². The maximum atomic E-state index is 7.08. The molecule has 11 heteroatoms. The van der Waals surface area contributed by atoms with Crippen molar-refractivity contribution in [1.29, 1.82) is 0 Å². The maximum Gasteiger partial charge on any atom is 0.172 e. The van der Waals surface area contributed by atoms with Crippen LogP contribution >= 0.6 is 47.0 Å². The fourth-order valence-corrected chi connectivity index (χ4v) is 14.4. The smallest absolute Gasteiger partial charge is 0.172 e. The number of benzene rings is 10. The quantitative estimate of drug-likeness (QED) is 0.160. The molecule has 7 nitrogen and oxygen atoms in total. The number of nitrogens with zero attached hydrogens (tertiary/aromatic N) is 2. The number of fused-ring (bicyclic) bond motifs is 11. The number of para-hydroxylation sites is 5. The van der Waals surface area contributed by atoms with Gasteiger partial charge in [0.25, 0.3) is 0 Å². The Labute approximate surface area is 424 Å². The summed E-state index contributed by atoms with van der Waals surface area (Å²) in [5.41, 5.74) is 7.08. The molecule has 0 amide bonds. The largest absolute Gasteiger partial charge is 0.454 e. The van der Waals surface area contributed by atoms with E-state index in [1.165, 1.54) is 29.4 Å². The zero-order chi connectivity index (χ0) is 46.6. The molecule has 0 saturated carbocycles. The Bertz CT molecular complexity index is 4020. The van der Waals surface area contributed by atoms with E-state index in [9.17, 15) is 0 Å². The van der Waals surface area contributed by atoms with Gasteiger partial charge in [-0.25, -0.2) is 0 Å². The Balaban J connectivity index is 0.992. The van der Waals surface area contributed by atoms with Crippen molar-refractivity contribution in [2.24, 2.45) is 0 Å². The molecule has 0 atom stereocenters. The van der Waals surface area contributed by atoms with Crippen molar-refractivity contribution in [2.75, 3.05) is 9.80 Å². The minimum atomic E-state index is 0.616. The first-order chi connectivity index (χ1) is 35.1. The van der Waals surface area contributed by atoms with Gasteiger partial charge in [-0.2, -0.15) is 0 Å². The van der Waals surface area contributed by atoms with Crippen LogP contribution in [-0.2, 0) is 0 Å². The van der Waals surface area contributed by atoms with Crippen LogP contribution in [-0.4, -0.2) is 0 Å². The second-order valence-corrected chi connectivity index (χ2v) is 21.5. The average molecular weight is 991 g/mol. The van der Waals surface area contributed by atoms with E-state index in [-0.39, 0.29) is 0 Å². The van der Waals surface area contributed by atoms with E-state index in [1.807, 2.05) is 72.8 Å². The molecule has 0 spiro atoms. The second-order valence-electron chi connectivity index (χ2n) is 17.2. The van der Waals surface area contributed by atoms with Crippen LogP contribution in [0.25, 0.3) is 21.9 Å². The lowest BCUT2D eigenvalue weighted by Gasteiger charge is -2.33. The molecule has 1 aromatic heterocycles. The lowest BCUT2D eigenvalue weighted by Crippen LogP contribution is -2.16. The van der Waals surface area contributed by atoms with Gasteiger partial charge in [0.2, 0.25) is 0 Å². The summed E-state index contributed by atoms with van der Waals surface area (Å²) in [7, 11) is 0. The number of anilines is 6. The number of rotatable bonds is 6. The van der Waals surface area contributed by atoms with Crippen LogP contribution in [0.15, 0.2) is 250 Å². The van der Waals surface area contributed by atoms with Crippen molar-refractivity contribution in [1.82, 2.24) is 0 Å². The van der Waals surface area contributed by atoms with E-state index < -0.39 is 0 Å². The van der Waals surface area contributed by atoms with Gasteiger partial charge in [0.05, 0.1) is 38.2 Å². The molecule has 4 aliphatic heterocycles. The van der Waals surface area contributed by atoms with Gasteiger partial charge in [-0.05, 0) is 115 Å². The molecule has 0 fully saturated rings. The third-order valence-corrected chi connectivity index (χ3v) is 18.1. The van der Waals surface area contributed by atoms with Crippen molar-refractivity contribution in [3.05, 3.63) is 206 Å². The van der Waals surface area contributed by atoms with E-state index in [0.717, 1.165) is 65.9 Å². The highest BCUT2D eigenvalue weighted by Gasteiger charge is 2.32. The van der Waals surface area contributed by atoms with Gasteiger partial charge in [-0.15, -0.1) is 0 Å². The minimum Gasteiger partial charge on any atom is -0.454 e. The summed E-state index contributed by atoms with van der Waals surface area (Å²) < 4.78 is 33.2. The zero-order valence-electron chi connectivity index (χ0n) is 37.2. The Kier molecular flexibility index (Phi) is 9.47. The van der Waals surface area contributed by atoms with Gasteiger partial charge in [0.1, 0.15) is 5.58 Å². The lowest BCUT2D eigenvalue weighted by atomic mass is 10.1. The molecule has 71 heavy (non-hydrogen) atoms. The third kappa shape index (κ3) is 6.87. The molecule has 0 unspecified atom stereocenters. The van der Waals surface area contributed by atoms with Gasteiger partial charge in [0.15, 0.2) is 51.6 Å². The summed E-state index contributed by atoms with van der Waals surface area (Å²) in [6, 6.07) is 71.3. The molecule has 10 aromatic carbocycles. The van der Waals surface area contributed by atoms with E-state index in [0.29, 0.717) is 46.0 Å². The zero-order valence-corrected chi connectivity index (χ0v) is 40.5. The molecule has 11 aromatic rings. The molecule has 0 radical (unpaired) electrons.